The summed E-state index contributed by atoms with van der Waals surface area (Å²) in [4.78, 5) is 6.02. The van der Waals surface area contributed by atoms with Crippen molar-refractivity contribution < 1.29 is 17.6 Å². The van der Waals surface area contributed by atoms with E-state index in [1.807, 2.05) is 24.3 Å². The second kappa shape index (κ2) is 8.25. The average Bonchev–Trinajstić information content (AvgIpc) is 3.45. The zero-order valence-corrected chi connectivity index (χ0v) is 19.5. The van der Waals surface area contributed by atoms with Crippen molar-refractivity contribution in [2.45, 2.75) is 23.8 Å². The number of hydrogen-bond acceptors (Lipinski definition) is 6. The lowest BCUT2D eigenvalue weighted by atomic mass is 10.2. The molecule has 0 unspecified atom stereocenters. The number of sulfonamides is 1. The highest BCUT2D eigenvalue weighted by atomic mass is 32.2. The molecule has 2 aromatic carbocycles. The van der Waals surface area contributed by atoms with E-state index in [4.69, 9.17) is 14.1 Å². The molecule has 0 radical (unpaired) electrons. The van der Waals surface area contributed by atoms with Crippen LogP contribution in [0.1, 0.15) is 18.9 Å². The largest absolute Gasteiger partial charge is 0.454 e. The van der Waals surface area contributed by atoms with Crippen LogP contribution in [-0.4, -0.2) is 43.6 Å². The zero-order valence-electron chi connectivity index (χ0n) is 17.9. The quantitative estimate of drug-likeness (QED) is 0.419. The number of para-hydroxylation sites is 1. The van der Waals surface area contributed by atoms with Crippen molar-refractivity contribution in [3.05, 3.63) is 64.8 Å². The summed E-state index contributed by atoms with van der Waals surface area (Å²) in [5, 5.41) is 3.17. The molecule has 1 aliphatic carbocycles. The van der Waals surface area contributed by atoms with Crippen LogP contribution in [-0.2, 0) is 14.8 Å². The van der Waals surface area contributed by atoms with Gasteiger partial charge in [0, 0.05) is 29.9 Å². The number of fused-ring (bicyclic) bond motifs is 1. The van der Waals surface area contributed by atoms with Gasteiger partial charge in [0.15, 0.2) is 10.6 Å². The van der Waals surface area contributed by atoms with Gasteiger partial charge in [0.1, 0.15) is 5.58 Å². The fourth-order valence-corrected chi connectivity index (χ4v) is 6.49. The van der Waals surface area contributed by atoms with E-state index >= 15 is 0 Å². The highest BCUT2D eigenvalue weighted by Gasteiger charge is 2.29. The minimum Gasteiger partial charge on any atom is -0.454 e. The topological polar surface area (TPSA) is 77.0 Å². The highest BCUT2D eigenvalue weighted by Crippen LogP contribution is 2.39. The maximum atomic E-state index is 12.9. The summed E-state index contributed by atoms with van der Waals surface area (Å²) >= 11 is 1.57. The molecular weight excluding hydrogens is 458 g/mol. The number of hydrogen-bond donors (Lipinski definition) is 0. The average molecular weight is 482 g/mol. The molecule has 0 N–H and O–H groups in total. The third-order valence-electron chi connectivity index (χ3n) is 6.00. The van der Waals surface area contributed by atoms with Gasteiger partial charge < -0.3 is 13.7 Å². The Hall–Kier alpha value is -2.72. The standard InChI is InChI=1S/C24H23N3O4S2/c28-33(29,26-11-13-30-14-12-26)20-9-5-18(6-10-20)25-24-27(19-7-8-19)21(16-32-24)23-15-17-3-1-2-4-22(17)31-23/h1-6,9-10,15-16,19H,7-8,11-14H2. The predicted octanol–water partition coefficient (Wildman–Crippen LogP) is 4.55. The lowest BCUT2D eigenvalue weighted by molar-refractivity contribution is 0.0730. The monoisotopic (exact) mass is 481 g/mol. The minimum atomic E-state index is -3.51. The fourth-order valence-electron chi connectivity index (χ4n) is 4.11. The molecule has 0 atom stereocenters. The predicted molar refractivity (Wildman–Crippen MR) is 127 cm³/mol. The number of ether oxygens (including phenoxy) is 1. The van der Waals surface area contributed by atoms with Gasteiger partial charge >= 0.3 is 0 Å². The van der Waals surface area contributed by atoms with E-state index in [1.54, 1.807) is 35.6 Å². The highest BCUT2D eigenvalue weighted by molar-refractivity contribution is 7.89. The minimum absolute atomic E-state index is 0.285. The van der Waals surface area contributed by atoms with E-state index in [0.717, 1.165) is 45.8 Å². The molecular formula is C24H23N3O4S2. The van der Waals surface area contributed by atoms with Crippen molar-refractivity contribution in [1.29, 1.82) is 0 Å². The molecule has 33 heavy (non-hydrogen) atoms. The van der Waals surface area contributed by atoms with Gasteiger partial charge in [0.05, 0.1) is 29.5 Å². The van der Waals surface area contributed by atoms with Gasteiger partial charge in [-0.05, 0) is 49.2 Å². The molecule has 1 saturated heterocycles. The van der Waals surface area contributed by atoms with Crippen LogP contribution in [0.15, 0.2) is 74.3 Å². The van der Waals surface area contributed by atoms with E-state index in [2.05, 4.69) is 16.0 Å². The van der Waals surface area contributed by atoms with Crippen LogP contribution in [0, 0.1) is 0 Å². The van der Waals surface area contributed by atoms with E-state index in [9.17, 15) is 8.42 Å². The molecule has 0 bridgehead atoms. The van der Waals surface area contributed by atoms with Gasteiger partial charge in [-0.1, -0.05) is 18.2 Å². The first-order valence-corrected chi connectivity index (χ1v) is 13.3. The number of furan rings is 1. The molecule has 9 heteroatoms. The van der Waals surface area contributed by atoms with Crippen LogP contribution in [0.2, 0.25) is 0 Å². The number of aromatic nitrogens is 1. The van der Waals surface area contributed by atoms with Gasteiger partial charge in [-0.25, -0.2) is 13.4 Å². The third-order valence-corrected chi connectivity index (χ3v) is 8.75. The zero-order chi connectivity index (χ0) is 22.4. The number of rotatable bonds is 5. The smallest absolute Gasteiger partial charge is 0.243 e. The van der Waals surface area contributed by atoms with Crippen LogP contribution in [0.5, 0.6) is 0 Å². The maximum absolute atomic E-state index is 12.9. The Kier molecular flexibility index (Phi) is 5.21. The molecule has 3 heterocycles. The van der Waals surface area contributed by atoms with Gasteiger partial charge in [0.2, 0.25) is 10.0 Å². The Balaban J connectivity index is 1.34. The van der Waals surface area contributed by atoms with Crippen LogP contribution < -0.4 is 4.80 Å². The summed E-state index contributed by atoms with van der Waals surface area (Å²) < 4.78 is 40.9. The Bertz CT molecular complexity index is 1440. The molecule has 2 aromatic heterocycles. The normalized spacial score (nSPS) is 18.2. The number of benzene rings is 2. The van der Waals surface area contributed by atoms with E-state index in [1.165, 1.54) is 4.31 Å². The van der Waals surface area contributed by atoms with E-state index < -0.39 is 10.0 Å². The van der Waals surface area contributed by atoms with Gasteiger partial charge in [0.25, 0.3) is 0 Å². The molecule has 7 nitrogen and oxygen atoms in total. The molecule has 1 aliphatic heterocycles. The summed E-state index contributed by atoms with van der Waals surface area (Å²) in [6.45, 7) is 1.63. The van der Waals surface area contributed by atoms with Crippen molar-refractivity contribution >= 4 is 38.0 Å². The number of morpholine rings is 1. The second-order valence-corrected chi connectivity index (χ2v) is 11.0. The molecule has 6 rings (SSSR count). The molecule has 2 fully saturated rings. The maximum Gasteiger partial charge on any atom is 0.243 e. The summed E-state index contributed by atoms with van der Waals surface area (Å²) in [5.41, 5.74) is 2.63. The van der Waals surface area contributed by atoms with Crippen LogP contribution in [0.4, 0.5) is 5.69 Å². The molecule has 170 valence electrons. The fraction of sp³-hybridized carbons (Fsp3) is 0.292. The number of thiazole rings is 1. The Morgan fingerprint density at radius 1 is 1.00 bits per heavy atom. The number of nitrogens with zero attached hydrogens (tertiary/aromatic N) is 3. The van der Waals surface area contributed by atoms with Crippen molar-refractivity contribution in [1.82, 2.24) is 8.87 Å². The summed E-state index contributed by atoms with van der Waals surface area (Å²) in [7, 11) is -3.51. The third kappa shape index (κ3) is 3.95. The van der Waals surface area contributed by atoms with Crippen molar-refractivity contribution in [2.24, 2.45) is 4.99 Å². The summed E-state index contributed by atoms with van der Waals surface area (Å²) in [6.07, 6.45) is 2.24. The first kappa shape index (κ1) is 20.9. The van der Waals surface area contributed by atoms with Crippen molar-refractivity contribution in [3.63, 3.8) is 0 Å². The second-order valence-electron chi connectivity index (χ2n) is 8.28. The Morgan fingerprint density at radius 2 is 1.76 bits per heavy atom. The van der Waals surface area contributed by atoms with Gasteiger partial charge in [-0.15, -0.1) is 11.3 Å². The lowest BCUT2D eigenvalue weighted by Crippen LogP contribution is -2.40. The summed E-state index contributed by atoms with van der Waals surface area (Å²) in [6, 6.07) is 17.3. The molecule has 0 spiro atoms. The van der Waals surface area contributed by atoms with Gasteiger partial charge in [-0.3, -0.25) is 0 Å². The SMILES string of the molecule is O=S(=O)(c1ccc(N=c2scc(-c3cc4ccccc4o3)n2C2CC2)cc1)N1CCOCC1. The Labute approximate surface area is 195 Å². The lowest BCUT2D eigenvalue weighted by Gasteiger charge is -2.26. The molecule has 0 amide bonds. The summed E-state index contributed by atoms with van der Waals surface area (Å²) in [5.74, 6) is 0.841. The van der Waals surface area contributed by atoms with Crippen LogP contribution >= 0.6 is 11.3 Å². The first-order valence-electron chi connectivity index (χ1n) is 11.0. The molecule has 4 aromatic rings. The molecule has 2 aliphatic rings. The Morgan fingerprint density at radius 3 is 2.48 bits per heavy atom. The first-order chi connectivity index (χ1) is 16.1. The van der Waals surface area contributed by atoms with Crippen LogP contribution in [0.3, 0.4) is 0 Å². The molecule has 1 saturated carbocycles. The van der Waals surface area contributed by atoms with E-state index in [-0.39, 0.29) is 4.90 Å². The van der Waals surface area contributed by atoms with Crippen LogP contribution in [0.25, 0.3) is 22.4 Å². The van der Waals surface area contributed by atoms with E-state index in [0.29, 0.717) is 32.3 Å². The van der Waals surface area contributed by atoms with Gasteiger partial charge in [-0.2, -0.15) is 4.31 Å². The van der Waals surface area contributed by atoms with Crippen molar-refractivity contribution in [2.75, 3.05) is 26.3 Å². The van der Waals surface area contributed by atoms with Crippen molar-refractivity contribution in [3.8, 4) is 11.5 Å².